The molecule has 0 spiro atoms. The maximum Gasteiger partial charge on any atom is 0.267 e. The Labute approximate surface area is 234 Å². The van der Waals surface area contributed by atoms with Crippen LogP contribution in [-0.4, -0.2) is 56.0 Å². The molecule has 2 heterocycles. The fourth-order valence-corrected chi connectivity index (χ4v) is 5.83. The van der Waals surface area contributed by atoms with Gasteiger partial charge in [0, 0.05) is 38.1 Å². The third kappa shape index (κ3) is 6.69. The van der Waals surface area contributed by atoms with Gasteiger partial charge in [-0.05, 0) is 65.1 Å². The molecule has 0 saturated carbocycles. The zero-order chi connectivity index (χ0) is 28.0. The van der Waals surface area contributed by atoms with Crippen molar-refractivity contribution in [2.24, 2.45) is 0 Å². The highest BCUT2D eigenvalue weighted by atomic mass is 32.2. The molecule has 9 heteroatoms. The van der Waals surface area contributed by atoms with Gasteiger partial charge in [-0.2, -0.15) is 0 Å². The number of nitrogens with one attached hydrogen (secondary N) is 1. The summed E-state index contributed by atoms with van der Waals surface area (Å²) in [5.74, 6) is -0.367. The summed E-state index contributed by atoms with van der Waals surface area (Å²) in [5, 5.41) is 2.71. The number of nitrogens with two attached hydrogens (primary N) is 1. The van der Waals surface area contributed by atoms with Crippen molar-refractivity contribution in [2.75, 3.05) is 43.9 Å². The number of para-hydroxylation sites is 2. The number of rotatable bonds is 9. The number of ether oxygens (including phenoxy) is 1. The smallest absolute Gasteiger partial charge is 0.267 e. The standard InChI is InChI=1S/C31H32N4O4S/c32-29-9-1-2-10-30(29)33-31(36)12-11-25-14-16-35(23-25)40(37,38)28-8-4-7-27(22-28)26-6-3-5-24(21-26)13-15-34-17-19-39-20-18-34/h1-12,14,16,21-23H,13,15,17-20,32H2,(H,33,36)/b12-11+. The van der Waals surface area contributed by atoms with Crippen LogP contribution in [-0.2, 0) is 26.0 Å². The summed E-state index contributed by atoms with van der Waals surface area (Å²) in [6.45, 7) is 4.42. The van der Waals surface area contributed by atoms with Crippen molar-refractivity contribution < 1.29 is 17.9 Å². The first kappa shape index (κ1) is 27.4. The van der Waals surface area contributed by atoms with Crippen molar-refractivity contribution >= 4 is 33.4 Å². The Balaban J connectivity index is 1.28. The molecule has 0 radical (unpaired) electrons. The van der Waals surface area contributed by atoms with E-state index in [1.807, 2.05) is 18.2 Å². The molecule has 0 aliphatic carbocycles. The van der Waals surface area contributed by atoms with Crippen molar-refractivity contribution in [3.63, 3.8) is 0 Å². The van der Waals surface area contributed by atoms with E-state index < -0.39 is 10.0 Å². The largest absolute Gasteiger partial charge is 0.397 e. The summed E-state index contributed by atoms with van der Waals surface area (Å²) in [6, 6.07) is 23.8. The fourth-order valence-electron chi connectivity index (χ4n) is 4.57. The lowest BCUT2D eigenvalue weighted by Crippen LogP contribution is -2.37. The first-order valence-corrected chi connectivity index (χ1v) is 14.6. The molecule has 1 aliphatic rings. The first-order chi connectivity index (χ1) is 19.4. The number of hydrogen-bond donors (Lipinski definition) is 2. The molecule has 0 bridgehead atoms. The number of nitrogen functional groups attached to an aromatic ring is 1. The second kappa shape index (κ2) is 12.3. The molecule has 206 valence electrons. The Hall–Kier alpha value is -4.18. The molecule has 3 N–H and O–H groups in total. The van der Waals surface area contributed by atoms with Crippen molar-refractivity contribution in [2.45, 2.75) is 11.3 Å². The quantitative estimate of drug-likeness (QED) is 0.232. The number of aromatic nitrogens is 1. The topological polar surface area (TPSA) is 107 Å². The van der Waals surface area contributed by atoms with E-state index in [1.54, 1.807) is 54.6 Å². The van der Waals surface area contributed by atoms with Gasteiger partial charge in [-0.1, -0.05) is 48.5 Å². The monoisotopic (exact) mass is 556 g/mol. The van der Waals surface area contributed by atoms with Gasteiger partial charge in [0.2, 0.25) is 5.91 Å². The number of anilines is 2. The molecule has 1 fully saturated rings. The van der Waals surface area contributed by atoms with Crippen molar-refractivity contribution in [3.8, 4) is 11.1 Å². The van der Waals surface area contributed by atoms with Gasteiger partial charge in [0.05, 0.1) is 29.5 Å². The number of benzene rings is 3. The predicted molar refractivity (Wildman–Crippen MR) is 158 cm³/mol. The number of hydrogen-bond acceptors (Lipinski definition) is 6. The van der Waals surface area contributed by atoms with Crippen LogP contribution in [0.15, 0.2) is 102 Å². The maximum atomic E-state index is 13.4. The maximum absolute atomic E-state index is 13.4. The zero-order valence-electron chi connectivity index (χ0n) is 22.1. The van der Waals surface area contributed by atoms with E-state index in [1.165, 1.54) is 24.0 Å². The van der Waals surface area contributed by atoms with Crippen molar-refractivity contribution in [1.82, 2.24) is 8.87 Å². The molecule has 1 aliphatic heterocycles. The summed E-state index contributed by atoms with van der Waals surface area (Å²) in [5.41, 5.74) is 10.4. The molecule has 5 rings (SSSR count). The summed E-state index contributed by atoms with van der Waals surface area (Å²) >= 11 is 0. The van der Waals surface area contributed by atoms with Gasteiger partial charge in [0.1, 0.15) is 0 Å². The Morgan fingerprint density at radius 2 is 1.70 bits per heavy atom. The summed E-state index contributed by atoms with van der Waals surface area (Å²) in [4.78, 5) is 14.9. The van der Waals surface area contributed by atoms with E-state index >= 15 is 0 Å². The van der Waals surface area contributed by atoms with Gasteiger partial charge < -0.3 is 15.8 Å². The molecule has 4 aromatic rings. The van der Waals surface area contributed by atoms with Crippen LogP contribution in [0.1, 0.15) is 11.1 Å². The normalized spacial score (nSPS) is 14.4. The SMILES string of the molecule is Nc1ccccc1NC(=O)/C=C/c1ccn(S(=O)(=O)c2cccc(-c3cccc(CCN4CCOCC4)c3)c2)c1. The lowest BCUT2D eigenvalue weighted by molar-refractivity contribution is -0.111. The summed E-state index contributed by atoms with van der Waals surface area (Å²) < 4.78 is 33.4. The molecule has 3 aromatic carbocycles. The zero-order valence-corrected chi connectivity index (χ0v) is 22.9. The Bertz CT molecular complexity index is 1620. The Kier molecular flexibility index (Phi) is 8.45. The minimum Gasteiger partial charge on any atom is -0.397 e. The lowest BCUT2D eigenvalue weighted by atomic mass is 10.0. The molecule has 8 nitrogen and oxygen atoms in total. The van der Waals surface area contributed by atoms with Crippen LogP contribution >= 0.6 is 0 Å². The van der Waals surface area contributed by atoms with Crippen LogP contribution in [0.5, 0.6) is 0 Å². The number of carbonyl (C=O) groups is 1. The van der Waals surface area contributed by atoms with E-state index in [4.69, 9.17) is 10.5 Å². The molecular formula is C31H32N4O4S. The molecule has 1 amide bonds. The number of morpholine rings is 1. The van der Waals surface area contributed by atoms with Crippen LogP contribution < -0.4 is 11.1 Å². The van der Waals surface area contributed by atoms with Crippen molar-refractivity contribution in [3.05, 3.63) is 108 Å². The first-order valence-electron chi connectivity index (χ1n) is 13.2. The van der Waals surface area contributed by atoms with E-state index in [-0.39, 0.29) is 10.8 Å². The highest BCUT2D eigenvalue weighted by Gasteiger charge is 2.18. The van der Waals surface area contributed by atoms with Gasteiger partial charge in [-0.25, -0.2) is 12.4 Å². The highest BCUT2D eigenvalue weighted by molar-refractivity contribution is 7.90. The van der Waals surface area contributed by atoms with E-state index in [9.17, 15) is 13.2 Å². The third-order valence-electron chi connectivity index (χ3n) is 6.83. The number of amides is 1. The molecule has 0 unspecified atom stereocenters. The summed E-state index contributed by atoms with van der Waals surface area (Å²) in [6.07, 6.45) is 6.77. The second-order valence-electron chi connectivity index (χ2n) is 9.62. The van der Waals surface area contributed by atoms with Gasteiger partial charge >= 0.3 is 0 Å². The van der Waals surface area contributed by atoms with E-state index in [0.29, 0.717) is 16.9 Å². The lowest BCUT2D eigenvalue weighted by Gasteiger charge is -2.26. The average Bonchev–Trinajstić information content (AvgIpc) is 3.47. The summed E-state index contributed by atoms with van der Waals surface area (Å²) in [7, 11) is -3.83. The van der Waals surface area contributed by atoms with E-state index in [2.05, 4.69) is 22.3 Å². The van der Waals surface area contributed by atoms with Gasteiger partial charge in [0.25, 0.3) is 10.0 Å². The highest BCUT2D eigenvalue weighted by Crippen LogP contribution is 2.25. The van der Waals surface area contributed by atoms with Crippen molar-refractivity contribution in [1.29, 1.82) is 0 Å². The Morgan fingerprint density at radius 1 is 0.950 bits per heavy atom. The molecular weight excluding hydrogens is 524 g/mol. The van der Waals surface area contributed by atoms with Crippen LogP contribution in [0.4, 0.5) is 11.4 Å². The van der Waals surface area contributed by atoms with Gasteiger partial charge in [-0.15, -0.1) is 0 Å². The van der Waals surface area contributed by atoms with Gasteiger partial charge in [0.15, 0.2) is 0 Å². The van der Waals surface area contributed by atoms with Crippen LogP contribution in [0.25, 0.3) is 17.2 Å². The molecule has 40 heavy (non-hydrogen) atoms. The third-order valence-corrected chi connectivity index (χ3v) is 8.46. The minimum absolute atomic E-state index is 0.187. The van der Waals surface area contributed by atoms with Crippen LogP contribution in [0.3, 0.4) is 0 Å². The molecule has 1 aromatic heterocycles. The van der Waals surface area contributed by atoms with Crippen LogP contribution in [0.2, 0.25) is 0 Å². The fraction of sp³-hybridized carbons (Fsp3) is 0.194. The average molecular weight is 557 g/mol. The molecule has 0 atom stereocenters. The number of carbonyl (C=O) groups excluding carboxylic acids is 1. The minimum atomic E-state index is -3.83. The van der Waals surface area contributed by atoms with Gasteiger partial charge in [-0.3, -0.25) is 9.69 Å². The Morgan fingerprint density at radius 3 is 2.50 bits per heavy atom. The number of nitrogens with zero attached hydrogens (tertiary/aromatic N) is 2. The van der Waals surface area contributed by atoms with E-state index in [0.717, 1.165) is 54.4 Å². The molecule has 1 saturated heterocycles. The second-order valence-corrected chi connectivity index (χ2v) is 11.5. The predicted octanol–water partition coefficient (Wildman–Crippen LogP) is 4.50. The van der Waals surface area contributed by atoms with Crippen LogP contribution in [0, 0.1) is 0 Å².